The summed E-state index contributed by atoms with van der Waals surface area (Å²) in [5.41, 5.74) is -0.362. The smallest absolute Gasteiger partial charge is 0.337 e. The number of carbonyl (C=O) groups is 3. The predicted molar refractivity (Wildman–Crippen MR) is 134 cm³/mol. The van der Waals surface area contributed by atoms with E-state index in [1.807, 2.05) is 0 Å². The lowest BCUT2D eigenvalue weighted by Gasteiger charge is -2.24. The molecule has 2 atom stereocenters. The molecule has 2 heterocycles. The third-order valence-electron chi connectivity index (χ3n) is 5.94. The van der Waals surface area contributed by atoms with Gasteiger partial charge in [-0.1, -0.05) is 17.7 Å². The van der Waals surface area contributed by atoms with Crippen LogP contribution in [0.4, 0.5) is 20.6 Å². The SMILES string of the molecule is CO[C@@H]1C[C@H](C(=O)Nc2ccc(-c3cc(C(=O)O)c[nH]c3=O)cc2F)N(C(=O)Nc2ccc(Cl)cc2)C1. The van der Waals surface area contributed by atoms with E-state index in [-0.39, 0.29) is 35.3 Å². The zero-order valence-corrected chi connectivity index (χ0v) is 20.2. The quantitative estimate of drug-likeness (QED) is 0.383. The molecule has 3 aromatic rings. The van der Waals surface area contributed by atoms with Crippen molar-refractivity contribution in [2.24, 2.45) is 0 Å². The molecule has 0 bridgehead atoms. The molecule has 10 nitrogen and oxygen atoms in total. The average molecular weight is 529 g/mol. The van der Waals surface area contributed by atoms with Crippen molar-refractivity contribution in [2.75, 3.05) is 24.3 Å². The fraction of sp³-hybridized carbons (Fsp3) is 0.200. The zero-order valence-electron chi connectivity index (χ0n) is 19.5. The van der Waals surface area contributed by atoms with E-state index in [2.05, 4.69) is 15.6 Å². The van der Waals surface area contributed by atoms with Gasteiger partial charge < -0.3 is 30.4 Å². The molecule has 2 aromatic carbocycles. The van der Waals surface area contributed by atoms with Crippen molar-refractivity contribution in [1.82, 2.24) is 9.88 Å². The number of carbonyl (C=O) groups excluding carboxylic acids is 2. The van der Waals surface area contributed by atoms with Crippen LogP contribution >= 0.6 is 11.6 Å². The highest BCUT2D eigenvalue weighted by Gasteiger charge is 2.40. The summed E-state index contributed by atoms with van der Waals surface area (Å²) in [6.07, 6.45) is 0.850. The highest BCUT2D eigenvalue weighted by atomic mass is 35.5. The summed E-state index contributed by atoms with van der Waals surface area (Å²) < 4.78 is 20.3. The Balaban J connectivity index is 1.52. The van der Waals surface area contributed by atoms with Crippen LogP contribution in [0.3, 0.4) is 0 Å². The number of rotatable bonds is 6. The maximum absolute atomic E-state index is 14.9. The number of hydrogen-bond donors (Lipinski definition) is 4. The summed E-state index contributed by atoms with van der Waals surface area (Å²) in [5, 5.41) is 14.8. The van der Waals surface area contributed by atoms with Crippen LogP contribution < -0.4 is 16.2 Å². The molecule has 0 radical (unpaired) electrons. The molecule has 37 heavy (non-hydrogen) atoms. The van der Waals surface area contributed by atoms with Crippen molar-refractivity contribution in [3.8, 4) is 11.1 Å². The highest BCUT2D eigenvalue weighted by molar-refractivity contribution is 6.30. The van der Waals surface area contributed by atoms with Crippen LogP contribution in [0.2, 0.25) is 5.02 Å². The second-order valence-electron chi connectivity index (χ2n) is 8.32. The van der Waals surface area contributed by atoms with Crippen molar-refractivity contribution in [1.29, 1.82) is 0 Å². The van der Waals surface area contributed by atoms with Gasteiger partial charge in [0.2, 0.25) is 5.91 Å². The maximum atomic E-state index is 14.9. The number of benzene rings is 2. The molecule has 4 rings (SSSR count). The number of aromatic nitrogens is 1. The highest BCUT2D eigenvalue weighted by Crippen LogP contribution is 2.26. The third-order valence-corrected chi connectivity index (χ3v) is 6.20. The second kappa shape index (κ2) is 10.8. The van der Waals surface area contributed by atoms with Gasteiger partial charge in [0, 0.05) is 42.5 Å². The molecule has 12 heteroatoms. The van der Waals surface area contributed by atoms with Crippen molar-refractivity contribution in [3.63, 3.8) is 0 Å². The van der Waals surface area contributed by atoms with E-state index in [0.717, 1.165) is 18.3 Å². The third kappa shape index (κ3) is 5.79. The Hall–Kier alpha value is -4.22. The van der Waals surface area contributed by atoms with Crippen LogP contribution in [0.25, 0.3) is 11.1 Å². The van der Waals surface area contributed by atoms with Crippen molar-refractivity contribution >= 4 is 40.9 Å². The Morgan fingerprint density at radius 2 is 1.86 bits per heavy atom. The van der Waals surface area contributed by atoms with Gasteiger partial charge in [-0.15, -0.1) is 0 Å². The predicted octanol–water partition coefficient (Wildman–Crippen LogP) is 3.79. The number of nitrogens with one attached hydrogen (secondary N) is 3. The minimum Gasteiger partial charge on any atom is -0.478 e. The van der Waals surface area contributed by atoms with Gasteiger partial charge in [0.15, 0.2) is 0 Å². The normalized spacial score (nSPS) is 16.9. The van der Waals surface area contributed by atoms with Crippen molar-refractivity contribution in [2.45, 2.75) is 18.6 Å². The lowest BCUT2D eigenvalue weighted by atomic mass is 10.0. The van der Waals surface area contributed by atoms with Crippen LogP contribution in [0, 0.1) is 5.82 Å². The fourth-order valence-electron chi connectivity index (χ4n) is 3.99. The Morgan fingerprint density at radius 1 is 1.14 bits per heavy atom. The number of ether oxygens (including phenoxy) is 1. The van der Waals surface area contributed by atoms with Crippen LogP contribution in [0.5, 0.6) is 0 Å². The lowest BCUT2D eigenvalue weighted by Crippen LogP contribution is -2.45. The molecule has 0 saturated carbocycles. The topological polar surface area (TPSA) is 141 Å². The first-order chi connectivity index (χ1) is 17.7. The van der Waals surface area contributed by atoms with E-state index in [0.29, 0.717) is 10.7 Å². The van der Waals surface area contributed by atoms with Gasteiger partial charge in [-0.05, 0) is 48.0 Å². The van der Waals surface area contributed by atoms with Gasteiger partial charge in [0.1, 0.15) is 11.9 Å². The fourth-order valence-corrected chi connectivity index (χ4v) is 4.12. The minimum atomic E-state index is -1.25. The van der Waals surface area contributed by atoms with E-state index >= 15 is 0 Å². The molecule has 4 N–H and O–H groups in total. The first kappa shape index (κ1) is 25.9. The van der Waals surface area contributed by atoms with Crippen molar-refractivity contribution < 1.29 is 28.6 Å². The standard InChI is InChI=1S/C25H22ClFN4O6/c1-37-17-10-21(31(12-17)25(36)29-16-5-3-15(26)4-6-16)23(33)30-20-7-2-13(9-19(20)27)18-8-14(24(34)35)11-28-22(18)32/h2-9,11,17,21H,10,12H2,1H3,(H,28,32)(H,29,36)(H,30,33)(H,34,35)/t17-,21-/m1/s1. The van der Waals surface area contributed by atoms with Gasteiger partial charge in [-0.3, -0.25) is 9.59 Å². The van der Waals surface area contributed by atoms with E-state index in [1.165, 1.54) is 24.1 Å². The molecule has 192 valence electrons. The molecule has 0 spiro atoms. The number of H-pyrrole nitrogens is 1. The molecule has 1 saturated heterocycles. The van der Waals surface area contributed by atoms with E-state index in [1.54, 1.807) is 24.3 Å². The molecular weight excluding hydrogens is 507 g/mol. The second-order valence-corrected chi connectivity index (χ2v) is 8.76. The number of urea groups is 1. The number of carboxylic acid groups (broad SMARTS) is 1. The maximum Gasteiger partial charge on any atom is 0.337 e. The number of aromatic amines is 1. The van der Waals surface area contributed by atoms with Gasteiger partial charge >= 0.3 is 12.0 Å². The summed E-state index contributed by atoms with van der Waals surface area (Å²) in [5.74, 6) is -2.72. The van der Waals surface area contributed by atoms with E-state index in [9.17, 15) is 23.6 Å². The van der Waals surface area contributed by atoms with Crippen LogP contribution in [0.15, 0.2) is 59.5 Å². The zero-order chi connectivity index (χ0) is 26.7. The monoisotopic (exact) mass is 528 g/mol. The van der Waals surface area contributed by atoms with Gasteiger partial charge in [-0.2, -0.15) is 0 Å². The number of likely N-dealkylation sites (tertiary alicyclic amines) is 1. The molecule has 1 fully saturated rings. The van der Waals surface area contributed by atoms with Gasteiger partial charge in [0.05, 0.1) is 17.4 Å². The van der Waals surface area contributed by atoms with E-state index in [4.69, 9.17) is 21.4 Å². The van der Waals surface area contributed by atoms with Crippen molar-refractivity contribution in [3.05, 3.63) is 81.5 Å². The largest absolute Gasteiger partial charge is 0.478 e. The van der Waals surface area contributed by atoms with Gasteiger partial charge in [0.25, 0.3) is 5.56 Å². The summed E-state index contributed by atoms with van der Waals surface area (Å²) in [6, 6.07) is 9.78. The average Bonchev–Trinajstić information content (AvgIpc) is 3.32. The van der Waals surface area contributed by atoms with Gasteiger partial charge in [-0.25, -0.2) is 14.0 Å². The molecule has 0 aliphatic carbocycles. The Kier molecular flexibility index (Phi) is 7.55. The summed E-state index contributed by atoms with van der Waals surface area (Å²) in [7, 11) is 1.47. The molecule has 1 aliphatic heterocycles. The first-order valence-corrected chi connectivity index (χ1v) is 11.5. The summed E-state index contributed by atoms with van der Waals surface area (Å²) in [4.78, 5) is 52.9. The van der Waals surface area contributed by atoms with E-state index < -0.39 is 41.4 Å². The number of amides is 3. The first-order valence-electron chi connectivity index (χ1n) is 11.1. The molecule has 3 amide bonds. The minimum absolute atomic E-state index is 0.0412. The molecule has 1 aliphatic rings. The summed E-state index contributed by atoms with van der Waals surface area (Å²) >= 11 is 5.88. The number of aromatic carboxylic acids is 1. The Labute approximate surface area is 215 Å². The number of nitrogens with zero attached hydrogens (tertiary/aromatic N) is 1. The number of anilines is 2. The Morgan fingerprint density at radius 3 is 2.51 bits per heavy atom. The number of methoxy groups -OCH3 is 1. The number of pyridine rings is 1. The molecule has 0 unspecified atom stereocenters. The molecular formula is C25H22ClFN4O6. The number of hydrogen-bond acceptors (Lipinski definition) is 5. The lowest BCUT2D eigenvalue weighted by molar-refractivity contribution is -0.119. The van der Waals surface area contributed by atoms with Crippen LogP contribution in [-0.2, 0) is 9.53 Å². The number of halogens is 2. The Bertz CT molecular complexity index is 1410. The number of carboxylic acids is 1. The summed E-state index contributed by atoms with van der Waals surface area (Å²) in [6.45, 7) is 0.151. The van der Waals surface area contributed by atoms with Crippen LogP contribution in [0.1, 0.15) is 16.8 Å². The molecule has 1 aromatic heterocycles. The van der Waals surface area contributed by atoms with Crippen LogP contribution in [-0.4, -0.2) is 58.7 Å².